The summed E-state index contributed by atoms with van der Waals surface area (Å²) in [4.78, 5) is 13.5. The summed E-state index contributed by atoms with van der Waals surface area (Å²) >= 11 is 0. The Balaban J connectivity index is 1.91. The van der Waals surface area contributed by atoms with Crippen LogP contribution in [0.15, 0.2) is 18.5 Å². The van der Waals surface area contributed by atoms with E-state index in [9.17, 15) is 0 Å². The molecule has 1 N–H and O–H groups in total. The molecule has 1 saturated heterocycles. The molecule has 0 radical (unpaired) electrons. The molecule has 1 aliphatic heterocycles. The molecule has 1 aromatic heterocycles. The lowest BCUT2D eigenvalue weighted by Gasteiger charge is -2.40. The molecule has 1 fully saturated rings. The van der Waals surface area contributed by atoms with Crippen LogP contribution in [0, 0.1) is 5.92 Å². The van der Waals surface area contributed by atoms with Gasteiger partial charge in [-0.2, -0.15) is 0 Å². The molecule has 0 aliphatic carbocycles. The van der Waals surface area contributed by atoms with Crippen molar-refractivity contribution < 1.29 is 0 Å². The van der Waals surface area contributed by atoms with E-state index in [0.29, 0.717) is 12.0 Å². The van der Waals surface area contributed by atoms with Crippen molar-refractivity contribution in [2.75, 3.05) is 44.7 Å². The van der Waals surface area contributed by atoms with Crippen molar-refractivity contribution in [1.82, 2.24) is 20.2 Å². The largest absolute Gasteiger partial charge is 0.338 e. The predicted octanol–water partition coefficient (Wildman–Crippen LogP) is 0.843. The summed E-state index contributed by atoms with van der Waals surface area (Å²) in [7, 11) is 2.03. The maximum Gasteiger partial charge on any atom is 0.225 e. The number of nitrogens with zero attached hydrogens (tertiary/aromatic N) is 4. The lowest BCUT2D eigenvalue weighted by Crippen LogP contribution is -2.54. The Morgan fingerprint density at radius 2 is 1.79 bits per heavy atom. The van der Waals surface area contributed by atoms with Gasteiger partial charge in [-0.25, -0.2) is 9.97 Å². The third-order valence-electron chi connectivity index (χ3n) is 3.80. The smallest absolute Gasteiger partial charge is 0.225 e. The molecule has 5 heteroatoms. The fourth-order valence-electron chi connectivity index (χ4n) is 2.70. The van der Waals surface area contributed by atoms with Crippen molar-refractivity contribution in [3.05, 3.63) is 18.5 Å². The highest BCUT2D eigenvalue weighted by Crippen LogP contribution is 2.15. The maximum absolute atomic E-state index is 4.33. The topological polar surface area (TPSA) is 44.3 Å². The lowest BCUT2D eigenvalue weighted by molar-refractivity contribution is 0.144. The maximum atomic E-state index is 4.33. The molecule has 2 heterocycles. The van der Waals surface area contributed by atoms with E-state index in [4.69, 9.17) is 0 Å². The molecule has 1 aromatic rings. The van der Waals surface area contributed by atoms with Crippen LogP contribution in [0.2, 0.25) is 0 Å². The van der Waals surface area contributed by atoms with Crippen LogP contribution in [-0.4, -0.2) is 60.7 Å². The summed E-state index contributed by atoms with van der Waals surface area (Å²) in [5.41, 5.74) is 0. The summed E-state index contributed by atoms with van der Waals surface area (Å²) in [6.07, 6.45) is 3.62. The van der Waals surface area contributed by atoms with Crippen LogP contribution in [-0.2, 0) is 0 Å². The first kappa shape index (κ1) is 14.2. The molecule has 106 valence electrons. The number of hydrogen-bond donors (Lipinski definition) is 1. The van der Waals surface area contributed by atoms with Gasteiger partial charge in [-0.15, -0.1) is 0 Å². The van der Waals surface area contributed by atoms with E-state index >= 15 is 0 Å². The molecule has 1 aliphatic rings. The van der Waals surface area contributed by atoms with Crippen LogP contribution in [0.5, 0.6) is 0 Å². The van der Waals surface area contributed by atoms with Gasteiger partial charge in [0.2, 0.25) is 5.95 Å². The number of anilines is 1. The number of likely N-dealkylation sites (N-methyl/N-ethyl adjacent to an activating group) is 1. The molecule has 0 amide bonds. The van der Waals surface area contributed by atoms with Gasteiger partial charge in [0.15, 0.2) is 0 Å². The lowest BCUT2D eigenvalue weighted by atomic mass is 10.0. The number of hydrogen-bond acceptors (Lipinski definition) is 5. The zero-order valence-corrected chi connectivity index (χ0v) is 12.2. The number of aromatic nitrogens is 2. The van der Waals surface area contributed by atoms with Crippen LogP contribution in [0.1, 0.15) is 13.8 Å². The minimum atomic E-state index is 0.615. The van der Waals surface area contributed by atoms with Gasteiger partial charge in [-0.3, -0.25) is 4.90 Å². The summed E-state index contributed by atoms with van der Waals surface area (Å²) in [6.45, 7) is 9.85. The second kappa shape index (κ2) is 6.82. The molecule has 1 atom stereocenters. The van der Waals surface area contributed by atoms with Crippen LogP contribution >= 0.6 is 0 Å². The minimum Gasteiger partial charge on any atom is -0.338 e. The number of nitrogens with one attached hydrogen (secondary N) is 1. The van der Waals surface area contributed by atoms with Gasteiger partial charge in [0.05, 0.1) is 0 Å². The van der Waals surface area contributed by atoms with Crippen molar-refractivity contribution in [1.29, 1.82) is 0 Å². The average molecular weight is 263 g/mol. The van der Waals surface area contributed by atoms with Gasteiger partial charge in [0.1, 0.15) is 0 Å². The van der Waals surface area contributed by atoms with Crippen molar-refractivity contribution in [3.63, 3.8) is 0 Å². The second-order valence-electron chi connectivity index (χ2n) is 5.44. The highest BCUT2D eigenvalue weighted by atomic mass is 15.3. The van der Waals surface area contributed by atoms with E-state index in [1.807, 2.05) is 25.5 Å². The number of rotatable bonds is 5. The van der Waals surface area contributed by atoms with Gasteiger partial charge < -0.3 is 10.2 Å². The molecule has 1 unspecified atom stereocenters. The van der Waals surface area contributed by atoms with E-state index in [-0.39, 0.29) is 0 Å². The third-order valence-corrected chi connectivity index (χ3v) is 3.80. The Kier molecular flexibility index (Phi) is 5.10. The van der Waals surface area contributed by atoms with Crippen molar-refractivity contribution in [2.45, 2.75) is 19.9 Å². The summed E-state index contributed by atoms with van der Waals surface area (Å²) in [5, 5.41) is 3.31. The van der Waals surface area contributed by atoms with Crippen LogP contribution in [0.4, 0.5) is 5.95 Å². The fourth-order valence-corrected chi connectivity index (χ4v) is 2.70. The van der Waals surface area contributed by atoms with Crippen LogP contribution in [0.25, 0.3) is 0 Å². The van der Waals surface area contributed by atoms with E-state index in [0.717, 1.165) is 38.7 Å². The van der Waals surface area contributed by atoms with Gasteiger partial charge >= 0.3 is 0 Å². The molecule has 0 aromatic carbocycles. The zero-order chi connectivity index (χ0) is 13.7. The fraction of sp³-hybridized carbons (Fsp3) is 0.714. The van der Waals surface area contributed by atoms with Crippen molar-refractivity contribution >= 4 is 5.95 Å². The average Bonchev–Trinajstić information content (AvgIpc) is 2.46. The van der Waals surface area contributed by atoms with Gasteiger partial charge in [0.25, 0.3) is 0 Å². The summed E-state index contributed by atoms with van der Waals surface area (Å²) in [5.74, 6) is 1.53. The second-order valence-corrected chi connectivity index (χ2v) is 5.44. The Bertz CT molecular complexity index is 359. The Hall–Kier alpha value is -1.20. The predicted molar refractivity (Wildman–Crippen MR) is 78.4 cm³/mol. The van der Waals surface area contributed by atoms with Crippen LogP contribution in [0.3, 0.4) is 0 Å². The van der Waals surface area contributed by atoms with E-state index in [1.54, 1.807) is 0 Å². The molecular weight excluding hydrogens is 238 g/mol. The standard InChI is InChI=1S/C14H25N5/c1-12(2)13(11-15-3)18-7-9-19(10-8-18)14-16-5-4-6-17-14/h4-6,12-13,15H,7-11H2,1-3H3. The highest BCUT2D eigenvalue weighted by Gasteiger charge is 2.26. The zero-order valence-electron chi connectivity index (χ0n) is 12.2. The third kappa shape index (κ3) is 3.64. The monoisotopic (exact) mass is 263 g/mol. The van der Waals surface area contributed by atoms with E-state index in [1.165, 1.54) is 0 Å². The first-order valence-corrected chi connectivity index (χ1v) is 7.13. The molecule has 2 rings (SSSR count). The SMILES string of the molecule is CNCC(C(C)C)N1CCN(c2ncccn2)CC1. The Morgan fingerprint density at radius 3 is 2.32 bits per heavy atom. The molecule has 0 spiro atoms. The molecule has 0 saturated carbocycles. The van der Waals surface area contributed by atoms with E-state index in [2.05, 4.69) is 38.9 Å². The Labute approximate surface area is 116 Å². The molecule has 0 bridgehead atoms. The first-order chi connectivity index (χ1) is 9.22. The molecule has 19 heavy (non-hydrogen) atoms. The summed E-state index contributed by atoms with van der Waals surface area (Å²) < 4.78 is 0. The van der Waals surface area contributed by atoms with Crippen molar-refractivity contribution in [3.8, 4) is 0 Å². The first-order valence-electron chi connectivity index (χ1n) is 7.13. The quantitative estimate of drug-likeness (QED) is 0.853. The number of piperazine rings is 1. The van der Waals surface area contributed by atoms with Gasteiger partial charge in [0, 0.05) is 51.2 Å². The highest BCUT2D eigenvalue weighted by molar-refractivity contribution is 5.29. The molecular formula is C14H25N5. The van der Waals surface area contributed by atoms with Gasteiger partial charge in [-0.1, -0.05) is 13.8 Å². The van der Waals surface area contributed by atoms with Gasteiger partial charge in [-0.05, 0) is 19.0 Å². The summed E-state index contributed by atoms with van der Waals surface area (Å²) in [6, 6.07) is 2.48. The van der Waals surface area contributed by atoms with Crippen LogP contribution < -0.4 is 10.2 Å². The molecule has 5 nitrogen and oxygen atoms in total. The normalized spacial score (nSPS) is 18.8. The Morgan fingerprint density at radius 1 is 1.16 bits per heavy atom. The van der Waals surface area contributed by atoms with Crippen molar-refractivity contribution in [2.24, 2.45) is 5.92 Å². The minimum absolute atomic E-state index is 0.615. The van der Waals surface area contributed by atoms with E-state index < -0.39 is 0 Å².